The van der Waals surface area contributed by atoms with Crippen molar-refractivity contribution in [2.75, 3.05) is 6.61 Å². The van der Waals surface area contributed by atoms with Crippen molar-refractivity contribution in [3.63, 3.8) is 0 Å². The Labute approximate surface area is 107 Å². The molecule has 3 nitrogen and oxygen atoms in total. The quantitative estimate of drug-likeness (QED) is 0.738. The van der Waals surface area contributed by atoms with Crippen LogP contribution in [-0.2, 0) is 15.5 Å². The van der Waals surface area contributed by atoms with Crippen LogP contribution in [0.3, 0.4) is 0 Å². The Kier molecular flexibility index (Phi) is 4.88. The van der Waals surface area contributed by atoms with Crippen molar-refractivity contribution >= 4 is 8.25 Å². The maximum atomic E-state index is 11.5. The van der Waals surface area contributed by atoms with Crippen molar-refractivity contribution in [3.05, 3.63) is 66.2 Å². The molecule has 0 fully saturated rings. The second-order valence-electron chi connectivity index (χ2n) is 3.70. The third-order valence-corrected chi connectivity index (χ3v) is 3.11. The normalized spacial score (nSPS) is 11.0. The molecule has 0 aromatic heterocycles. The summed E-state index contributed by atoms with van der Waals surface area (Å²) in [5.74, 6) is 0.554. The summed E-state index contributed by atoms with van der Waals surface area (Å²) in [6.07, 6.45) is 0.722. The molecule has 2 rings (SSSR count). The molecule has 0 radical (unpaired) electrons. The van der Waals surface area contributed by atoms with E-state index in [1.807, 2.05) is 48.5 Å². The SMILES string of the molecule is O=[P+](OCCc1ccccc1)Oc1ccccc1. The third kappa shape index (κ3) is 4.28. The van der Waals surface area contributed by atoms with Crippen molar-refractivity contribution < 1.29 is 13.6 Å². The fraction of sp³-hybridized carbons (Fsp3) is 0.143. The van der Waals surface area contributed by atoms with Gasteiger partial charge in [-0.2, -0.15) is 0 Å². The Morgan fingerprint density at radius 1 is 0.889 bits per heavy atom. The molecule has 0 saturated carbocycles. The molecule has 18 heavy (non-hydrogen) atoms. The van der Waals surface area contributed by atoms with E-state index in [-0.39, 0.29) is 0 Å². The molecule has 0 saturated heterocycles. The van der Waals surface area contributed by atoms with Gasteiger partial charge >= 0.3 is 8.25 Å². The summed E-state index contributed by atoms with van der Waals surface area (Å²) in [4.78, 5) is 0. The fourth-order valence-electron chi connectivity index (χ4n) is 1.48. The van der Waals surface area contributed by atoms with Crippen molar-refractivity contribution in [3.8, 4) is 5.75 Å². The van der Waals surface area contributed by atoms with Crippen molar-refractivity contribution in [1.29, 1.82) is 0 Å². The molecule has 4 heteroatoms. The molecule has 0 amide bonds. The lowest BCUT2D eigenvalue weighted by Crippen LogP contribution is -1.94. The highest BCUT2D eigenvalue weighted by Gasteiger charge is 2.21. The predicted octanol–water partition coefficient (Wildman–Crippen LogP) is 3.98. The molecule has 0 N–H and O–H groups in total. The average molecular weight is 261 g/mol. The molecule has 0 aliphatic carbocycles. The second-order valence-corrected chi connectivity index (χ2v) is 4.58. The lowest BCUT2D eigenvalue weighted by atomic mass is 10.2. The van der Waals surface area contributed by atoms with Gasteiger partial charge in [0, 0.05) is 11.0 Å². The maximum absolute atomic E-state index is 11.5. The van der Waals surface area contributed by atoms with Crippen LogP contribution >= 0.6 is 8.25 Å². The van der Waals surface area contributed by atoms with Gasteiger partial charge in [-0.25, -0.2) is 4.52 Å². The molecule has 0 bridgehead atoms. The Bertz CT molecular complexity index is 485. The van der Waals surface area contributed by atoms with Crippen LogP contribution in [0, 0.1) is 0 Å². The number of para-hydroxylation sites is 1. The van der Waals surface area contributed by atoms with E-state index in [0.717, 1.165) is 12.0 Å². The largest absolute Gasteiger partial charge is 0.750 e. The topological polar surface area (TPSA) is 35.5 Å². The summed E-state index contributed by atoms with van der Waals surface area (Å²) in [5.41, 5.74) is 1.15. The van der Waals surface area contributed by atoms with E-state index in [0.29, 0.717) is 12.4 Å². The van der Waals surface area contributed by atoms with Gasteiger partial charge in [-0.05, 0) is 17.7 Å². The van der Waals surface area contributed by atoms with E-state index in [4.69, 9.17) is 9.05 Å². The number of benzene rings is 2. The van der Waals surface area contributed by atoms with Crippen LogP contribution in [0.1, 0.15) is 5.56 Å². The molecule has 0 aliphatic rings. The van der Waals surface area contributed by atoms with Crippen molar-refractivity contribution in [2.45, 2.75) is 6.42 Å². The minimum atomic E-state index is -2.10. The summed E-state index contributed by atoms with van der Waals surface area (Å²) < 4.78 is 21.8. The second kappa shape index (κ2) is 6.90. The zero-order valence-corrected chi connectivity index (χ0v) is 10.8. The summed E-state index contributed by atoms with van der Waals surface area (Å²) in [7, 11) is -2.10. The maximum Gasteiger partial charge on any atom is 0.750 e. The van der Waals surface area contributed by atoms with Gasteiger partial charge in [0.05, 0.1) is 0 Å². The van der Waals surface area contributed by atoms with Gasteiger partial charge in [-0.1, -0.05) is 48.5 Å². The molecule has 2 aromatic carbocycles. The van der Waals surface area contributed by atoms with E-state index >= 15 is 0 Å². The van der Waals surface area contributed by atoms with Gasteiger partial charge in [0.2, 0.25) is 0 Å². The Morgan fingerprint density at radius 2 is 1.50 bits per heavy atom. The van der Waals surface area contributed by atoms with Crippen LogP contribution in [0.5, 0.6) is 5.75 Å². The van der Waals surface area contributed by atoms with Crippen LogP contribution in [0.25, 0.3) is 0 Å². The Hall–Kier alpha value is -1.70. The molecule has 1 atom stereocenters. The third-order valence-electron chi connectivity index (χ3n) is 2.35. The Morgan fingerprint density at radius 3 is 2.17 bits per heavy atom. The van der Waals surface area contributed by atoms with Crippen LogP contribution in [0.4, 0.5) is 0 Å². The van der Waals surface area contributed by atoms with Crippen molar-refractivity contribution in [1.82, 2.24) is 0 Å². The summed E-state index contributed by atoms with van der Waals surface area (Å²) in [6.45, 7) is 0.381. The van der Waals surface area contributed by atoms with Crippen LogP contribution in [0.15, 0.2) is 60.7 Å². The lowest BCUT2D eigenvalue weighted by Gasteiger charge is -1.96. The van der Waals surface area contributed by atoms with E-state index in [9.17, 15) is 4.57 Å². The van der Waals surface area contributed by atoms with Crippen molar-refractivity contribution in [2.24, 2.45) is 0 Å². The minimum Gasteiger partial charge on any atom is -0.229 e. The molecule has 92 valence electrons. The molecule has 0 heterocycles. The molecule has 1 unspecified atom stereocenters. The lowest BCUT2D eigenvalue weighted by molar-refractivity contribution is 0.289. The zero-order valence-electron chi connectivity index (χ0n) is 9.86. The van der Waals surface area contributed by atoms with Gasteiger partial charge in [-0.15, -0.1) is 4.52 Å². The average Bonchev–Trinajstić information content (AvgIpc) is 2.41. The molecule has 0 spiro atoms. The van der Waals surface area contributed by atoms with Gasteiger partial charge < -0.3 is 0 Å². The van der Waals surface area contributed by atoms with Crippen LogP contribution in [-0.4, -0.2) is 6.61 Å². The van der Waals surface area contributed by atoms with Crippen LogP contribution in [0.2, 0.25) is 0 Å². The summed E-state index contributed by atoms with van der Waals surface area (Å²) in [6, 6.07) is 18.9. The predicted molar refractivity (Wildman–Crippen MR) is 70.8 cm³/mol. The standard InChI is InChI=1S/C14H14O3P/c15-18(17-14-9-5-2-6-10-14)16-12-11-13-7-3-1-4-8-13/h1-10H,11-12H2/q+1. The Balaban J connectivity index is 1.73. The monoisotopic (exact) mass is 261 g/mol. The van der Waals surface area contributed by atoms with E-state index in [1.54, 1.807) is 12.1 Å². The molecular formula is C14H14O3P+. The number of hydrogen-bond donors (Lipinski definition) is 0. The van der Waals surface area contributed by atoms with Gasteiger partial charge in [0.15, 0.2) is 5.75 Å². The first-order chi connectivity index (χ1) is 8.84. The van der Waals surface area contributed by atoms with Crippen LogP contribution < -0.4 is 4.52 Å². The van der Waals surface area contributed by atoms with Gasteiger partial charge in [-0.3, -0.25) is 0 Å². The minimum absolute atomic E-state index is 0.381. The zero-order chi connectivity index (χ0) is 12.6. The highest BCUT2D eigenvalue weighted by molar-refractivity contribution is 7.33. The highest BCUT2D eigenvalue weighted by atomic mass is 31.1. The molecule has 2 aromatic rings. The molecule has 0 aliphatic heterocycles. The first-order valence-electron chi connectivity index (χ1n) is 5.72. The summed E-state index contributed by atoms with van der Waals surface area (Å²) >= 11 is 0. The smallest absolute Gasteiger partial charge is 0.229 e. The first kappa shape index (κ1) is 12.7. The van der Waals surface area contributed by atoms with E-state index in [2.05, 4.69) is 0 Å². The highest BCUT2D eigenvalue weighted by Crippen LogP contribution is 2.27. The summed E-state index contributed by atoms with van der Waals surface area (Å²) in [5, 5.41) is 0. The van der Waals surface area contributed by atoms with Gasteiger partial charge in [0.25, 0.3) is 0 Å². The van der Waals surface area contributed by atoms with E-state index < -0.39 is 8.25 Å². The van der Waals surface area contributed by atoms with Gasteiger partial charge in [0.1, 0.15) is 6.61 Å². The number of rotatable bonds is 6. The van der Waals surface area contributed by atoms with E-state index in [1.165, 1.54) is 0 Å². The first-order valence-corrected chi connectivity index (χ1v) is 6.81. The fourth-order valence-corrected chi connectivity index (χ4v) is 2.06. The molecular weight excluding hydrogens is 247 g/mol. The number of hydrogen-bond acceptors (Lipinski definition) is 3.